The third-order valence-corrected chi connectivity index (χ3v) is 2.40. The molecule has 0 spiro atoms. The SMILES string of the molecule is CC(=O)Nc1ccc(NCc2ccccc2)nc1. The maximum atomic E-state index is 10.9. The summed E-state index contributed by atoms with van der Waals surface area (Å²) in [4.78, 5) is 15.1. The largest absolute Gasteiger partial charge is 0.366 e. The number of amides is 1. The van der Waals surface area contributed by atoms with E-state index in [0.29, 0.717) is 5.69 Å². The molecular weight excluding hydrogens is 226 g/mol. The average Bonchev–Trinajstić information content (AvgIpc) is 2.38. The van der Waals surface area contributed by atoms with Gasteiger partial charge in [0.1, 0.15) is 5.82 Å². The lowest BCUT2D eigenvalue weighted by molar-refractivity contribution is -0.114. The van der Waals surface area contributed by atoms with E-state index in [2.05, 4.69) is 27.8 Å². The summed E-state index contributed by atoms with van der Waals surface area (Å²) >= 11 is 0. The van der Waals surface area contributed by atoms with Gasteiger partial charge in [0.15, 0.2) is 0 Å². The number of nitrogens with one attached hydrogen (secondary N) is 2. The number of carbonyl (C=O) groups excluding carboxylic acids is 1. The van der Waals surface area contributed by atoms with Crippen molar-refractivity contribution in [1.82, 2.24) is 4.98 Å². The van der Waals surface area contributed by atoms with Crippen molar-refractivity contribution in [1.29, 1.82) is 0 Å². The van der Waals surface area contributed by atoms with E-state index in [9.17, 15) is 4.79 Å². The van der Waals surface area contributed by atoms with Gasteiger partial charge in [-0.15, -0.1) is 0 Å². The van der Waals surface area contributed by atoms with Gasteiger partial charge in [-0.3, -0.25) is 4.79 Å². The van der Waals surface area contributed by atoms with E-state index in [1.807, 2.05) is 30.3 Å². The van der Waals surface area contributed by atoms with Gasteiger partial charge >= 0.3 is 0 Å². The lowest BCUT2D eigenvalue weighted by Crippen LogP contribution is -2.06. The zero-order valence-corrected chi connectivity index (χ0v) is 10.2. The summed E-state index contributed by atoms with van der Waals surface area (Å²) in [5, 5.41) is 5.89. The number of hydrogen-bond donors (Lipinski definition) is 2. The normalized spacial score (nSPS) is 9.83. The molecule has 0 saturated heterocycles. The van der Waals surface area contributed by atoms with E-state index in [0.717, 1.165) is 12.4 Å². The molecule has 1 aromatic carbocycles. The molecule has 0 aliphatic carbocycles. The molecule has 2 aromatic rings. The molecule has 0 atom stereocenters. The smallest absolute Gasteiger partial charge is 0.221 e. The molecule has 18 heavy (non-hydrogen) atoms. The lowest BCUT2D eigenvalue weighted by Gasteiger charge is -2.06. The summed E-state index contributed by atoms with van der Waals surface area (Å²) in [5.41, 5.74) is 1.90. The summed E-state index contributed by atoms with van der Waals surface area (Å²) in [6.45, 7) is 2.20. The minimum absolute atomic E-state index is 0.0956. The number of pyridine rings is 1. The molecule has 0 aliphatic heterocycles. The van der Waals surface area contributed by atoms with Gasteiger partial charge < -0.3 is 10.6 Å². The van der Waals surface area contributed by atoms with Gasteiger partial charge in [0.05, 0.1) is 11.9 Å². The van der Waals surface area contributed by atoms with E-state index in [1.54, 1.807) is 6.20 Å². The Bertz CT molecular complexity index is 508. The van der Waals surface area contributed by atoms with Gasteiger partial charge in [-0.05, 0) is 17.7 Å². The van der Waals surface area contributed by atoms with Crippen LogP contribution in [0.3, 0.4) is 0 Å². The summed E-state index contributed by atoms with van der Waals surface area (Å²) in [6.07, 6.45) is 1.63. The maximum Gasteiger partial charge on any atom is 0.221 e. The monoisotopic (exact) mass is 241 g/mol. The Morgan fingerprint density at radius 3 is 2.56 bits per heavy atom. The predicted octanol–water partition coefficient (Wildman–Crippen LogP) is 2.65. The number of aromatic nitrogens is 1. The number of carbonyl (C=O) groups is 1. The predicted molar refractivity (Wildman–Crippen MR) is 72.3 cm³/mol. The summed E-state index contributed by atoms with van der Waals surface area (Å²) in [7, 11) is 0. The zero-order valence-electron chi connectivity index (χ0n) is 10.2. The number of benzene rings is 1. The van der Waals surface area contributed by atoms with Crippen LogP contribution < -0.4 is 10.6 Å². The first kappa shape index (κ1) is 12.1. The van der Waals surface area contributed by atoms with Crippen LogP contribution in [-0.2, 0) is 11.3 Å². The fourth-order valence-corrected chi connectivity index (χ4v) is 1.56. The van der Waals surface area contributed by atoms with E-state index in [4.69, 9.17) is 0 Å². The number of nitrogens with zero attached hydrogens (tertiary/aromatic N) is 1. The van der Waals surface area contributed by atoms with Gasteiger partial charge in [0.2, 0.25) is 5.91 Å². The van der Waals surface area contributed by atoms with Gasteiger partial charge in [0, 0.05) is 13.5 Å². The van der Waals surface area contributed by atoms with Crippen LogP contribution in [-0.4, -0.2) is 10.9 Å². The third kappa shape index (κ3) is 3.59. The van der Waals surface area contributed by atoms with Crippen LogP contribution in [0.1, 0.15) is 12.5 Å². The molecule has 1 heterocycles. The molecule has 0 bridgehead atoms. The van der Waals surface area contributed by atoms with Crippen molar-refractivity contribution < 1.29 is 4.79 Å². The van der Waals surface area contributed by atoms with Crippen molar-refractivity contribution in [2.75, 3.05) is 10.6 Å². The summed E-state index contributed by atoms with van der Waals surface area (Å²) in [6, 6.07) is 13.8. The highest BCUT2D eigenvalue weighted by Gasteiger charge is 1.97. The van der Waals surface area contributed by atoms with Crippen molar-refractivity contribution >= 4 is 17.4 Å². The van der Waals surface area contributed by atoms with E-state index < -0.39 is 0 Å². The Hall–Kier alpha value is -2.36. The van der Waals surface area contributed by atoms with Crippen molar-refractivity contribution in [2.24, 2.45) is 0 Å². The van der Waals surface area contributed by atoms with Crippen molar-refractivity contribution in [3.63, 3.8) is 0 Å². The highest BCUT2D eigenvalue weighted by Crippen LogP contribution is 2.10. The minimum atomic E-state index is -0.0956. The number of rotatable bonds is 4. The highest BCUT2D eigenvalue weighted by molar-refractivity contribution is 5.88. The van der Waals surface area contributed by atoms with Crippen LogP contribution in [0.25, 0.3) is 0 Å². The van der Waals surface area contributed by atoms with Crippen molar-refractivity contribution in [2.45, 2.75) is 13.5 Å². The maximum absolute atomic E-state index is 10.9. The van der Waals surface area contributed by atoms with Gasteiger partial charge in [-0.25, -0.2) is 4.98 Å². The highest BCUT2D eigenvalue weighted by atomic mass is 16.1. The second-order valence-electron chi connectivity index (χ2n) is 3.95. The van der Waals surface area contributed by atoms with Crippen LogP contribution in [0.15, 0.2) is 48.7 Å². The quantitative estimate of drug-likeness (QED) is 0.865. The zero-order chi connectivity index (χ0) is 12.8. The molecule has 1 aromatic heterocycles. The second-order valence-corrected chi connectivity index (χ2v) is 3.95. The summed E-state index contributed by atoms with van der Waals surface area (Å²) < 4.78 is 0. The van der Waals surface area contributed by atoms with Crippen molar-refractivity contribution in [3.8, 4) is 0 Å². The molecule has 0 radical (unpaired) electrons. The Balaban J connectivity index is 1.92. The molecule has 0 fully saturated rings. The minimum Gasteiger partial charge on any atom is -0.366 e. The van der Waals surface area contributed by atoms with Gasteiger partial charge in [-0.2, -0.15) is 0 Å². The standard InChI is InChI=1S/C14H15N3O/c1-11(18)17-13-7-8-14(16-10-13)15-9-12-5-3-2-4-6-12/h2-8,10H,9H2,1H3,(H,15,16)(H,17,18). The fourth-order valence-electron chi connectivity index (χ4n) is 1.56. The molecule has 2 N–H and O–H groups in total. The Labute approximate surface area is 106 Å². The topological polar surface area (TPSA) is 54.0 Å². The molecule has 0 aliphatic rings. The van der Waals surface area contributed by atoms with E-state index in [1.165, 1.54) is 12.5 Å². The Morgan fingerprint density at radius 2 is 1.94 bits per heavy atom. The van der Waals surface area contributed by atoms with Crippen LogP contribution in [0.5, 0.6) is 0 Å². The molecule has 4 nitrogen and oxygen atoms in total. The number of hydrogen-bond acceptors (Lipinski definition) is 3. The average molecular weight is 241 g/mol. The molecule has 0 saturated carbocycles. The first-order valence-corrected chi connectivity index (χ1v) is 5.75. The van der Waals surface area contributed by atoms with Crippen LogP contribution in [0, 0.1) is 0 Å². The number of anilines is 2. The Morgan fingerprint density at radius 1 is 1.17 bits per heavy atom. The summed E-state index contributed by atoms with van der Waals surface area (Å²) in [5.74, 6) is 0.690. The first-order chi connectivity index (χ1) is 8.74. The molecule has 1 amide bonds. The Kier molecular flexibility index (Phi) is 3.91. The first-order valence-electron chi connectivity index (χ1n) is 5.75. The van der Waals surface area contributed by atoms with Crippen molar-refractivity contribution in [3.05, 3.63) is 54.2 Å². The fraction of sp³-hybridized carbons (Fsp3) is 0.143. The van der Waals surface area contributed by atoms with E-state index in [-0.39, 0.29) is 5.91 Å². The molecule has 4 heteroatoms. The molecule has 0 unspecified atom stereocenters. The molecule has 92 valence electrons. The van der Waals surface area contributed by atoms with E-state index >= 15 is 0 Å². The lowest BCUT2D eigenvalue weighted by atomic mass is 10.2. The van der Waals surface area contributed by atoms with Gasteiger partial charge in [-0.1, -0.05) is 30.3 Å². The second kappa shape index (κ2) is 5.82. The molecular formula is C14H15N3O. The third-order valence-electron chi connectivity index (χ3n) is 2.40. The molecule has 2 rings (SSSR count). The van der Waals surface area contributed by atoms with Gasteiger partial charge in [0.25, 0.3) is 0 Å². The van der Waals surface area contributed by atoms with Crippen LogP contribution in [0.4, 0.5) is 11.5 Å². The van der Waals surface area contributed by atoms with Crippen LogP contribution >= 0.6 is 0 Å². The van der Waals surface area contributed by atoms with Crippen LogP contribution in [0.2, 0.25) is 0 Å².